The van der Waals surface area contributed by atoms with Crippen LogP contribution in [0, 0.1) is 6.92 Å². The van der Waals surface area contributed by atoms with Gasteiger partial charge in [-0.1, -0.05) is 11.3 Å². The summed E-state index contributed by atoms with van der Waals surface area (Å²) in [4.78, 5) is 3.98. The molecule has 0 aliphatic heterocycles. The zero-order valence-electron chi connectivity index (χ0n) is 11.7. The summed E-state index contributed by atoms with van der Waals surface area (Å²) in [6.45, 7) is 2.77. The van der Waals surface area contributed by atoms with Crippen molar-refractivity contribution >= 4 is 5.96 Å². The summed E-state index contributed by atoms with van der Waals surface area (Å²) < 4.78 is 1.77. The van der Waals surface area contributed by atoms with Crippen LogP contribution in [-0.4, -0.2) is 27.5 Å². The monoisotopic (exact) mass is 272 g/mol. The highest BCUT2D eigenvalue weighted by molar-refractivity contribution is 5.75. The topological polar surface area (TPSA) is 95.1 Å². The van der Waals surface area contributed by atoms with Gasteiger partial charge < -0.3 is 11.5 Å². The summed E-state index contributed by atoms with van der Waals surface area (Å²) in [7, 11) is 0. The maximum absolute atomic E-state index is 5.29. The van der Waals surface area contributed by atoms with Gasteiger partial charge in [0, 0.05) is 6.54 Å². The molecular weight excluding hydrogens is 252 g/mol. The van der Waals surface area contributed by atoms with Crippen LogP contribution in [0.5, 0.6) is 0 Å². The molecule has 6 nitrogen and oxygen atoms in total. The molecule has 0 atom stereocenters. The van der Waals surface area contributed by atoms with Crippen molar-refractivity contribution in [2.24, 2.45) is 16.5 Å². The van der Waals surface area contributed by atoms with E-state index in [0.29, 0.717) is 6.54 Å². The number of hydrogen-bond donors (Lipinski definition) is 2. The van der Waals surface area contributed by atoms with Crippen molar-refractivity contribution in [1.82, 2.24) is 15.0 Å². The van der Waals surface area contributed by atoms with E-state index in [4.69, 9.17) is 11.5 Å². The molecule has 1 aromatic carbocycles. The molecule has 0 amide bonds. The molecule has 0 bridgehead atoms. The SMILES string of the molecule is Cc1cc(CCCCN=C(N)N)cc(-n2ccnn2)c1. The van der Waals surface area contributed by atoms with Crippen molar-refractivity contribution in [3.05, 3.63) is 41.7 Å². The molecule has 0 aliphatic rings. The third-order valence-corrected chi connectivity index (χ3v) is 2.98. The van der Waals surface area contributed by atoms with Crippen molar-refractivity contribution < 1.29 is 0 Å². The smallest absolute Gasteiger partial charge is 0.185 e. The Kier molecular flexibility index (Phi) is 4.70. The van der Waals surface area contributed by atoms with Crippen LogP contribution < -0.4 is 11.5 Å². The van der Waals surface area contributed by atoms with Gasteiger partial charge in [-0.25, -0.2) is 4.68 Å². The quantitative estimate of drug-likeness (QED) is 0.469. The lowest BCUT2D eigenvalue weighted by Gasteiger charge is -2.07. The Morgan fingerprint density at radius 1 is 1.25 bits per heavy atom. The number of hydrogen-bond acceptors (Lipinski definition) is 3. The lowest BCUT2D eigenvalue weighted by atomic mass is 10.0. The fourth-order valence-corrected chi connectivity index (χ4v) is 2.11. The van der Waals surface area contributed by atoms with Crippen LogP contribution in [0.25, 0.3) is 5.69 Å². The van der Waals surface area contributed by atoms with E-state index < -0.39 is 0 Å². The van der Waals surface area contributed by atoms with Crippen molar-refractivity contribution in [3.63, 3.8) is 0 Å². The number of guanidine groups is 1. The Bertz CT molecular complexity index is 569. The highest BCUT2D eigenvalue weighted by atomic mass is 15.4. The molecule has 106 valence electrons. The van der Waals surface area contributed by atoms with Crippen molar-refractivity contribution in [2.45, 2.75) is 26.2 Å². The van der Waals surface area contributed by atoms with Gasteiger partial charge in [-0.05, 0) is 49.4 Å². The molecule has 4 N–H and O–H groups in total. The van der Waals surface area contributed by atoms with Gasteiger partial charge in [-0.2, -0.15) is 0 Å². The second-order valence-corrected chi connectivity index (χ2v) is 4.79. The second-order valence-electron chi connectivity index (χ2n) is 4.79. The molecule has 1 aromatic heterocycles. The van der Waals surface area contributed by atoms with Gasteiger partial charge in [0.25, 0.3) is 0 Å². The van der Waals surface area contributed by atoms with Crippen molar-refractivity contribution in [3.8, 4) is 5.69 Å². The first-order chi connectivity index (χ1) is 9.65. The molecule has 0 fully saturated rings. The Balaban J connectivity index is 1.97. The van der Waals surface area contributed by atoms with E-state index in [-0.39, 0.29) is 5.96 Å². The fraction of sp³-hybridized carbons (Fsp3) is 0.357. The minimum absolute atomic E-state index is 0.161. The third kappa shape index (κ3) is 4.08. The first-order valence-corrected chi connectivity index (χ1v) is 6.68. The molecule has 0 aliphatic carbocycles. The molecule has 0 unspecified atom stereocenters. The van der Waals surface area contributed by atoms with Crippen molar-refractivity contribution in [2.75, 3.05) is 6.54 Å². The van der Waals surface area contributed by atoms with E-state index >= 15 is 0 Å². The van der Waals surface area contributed by atoms with E-state index in [1.807, 2.05) is 6.20 Å². The Morgan fingerprint density at radius 3 is 2.80 bits per heavy atom. The highest BCUT2D eigenvalue weighted by Crippen LogP contribution is 2.15. The van der Waals surface area contributed by atoms with Crippen LogP contribution in [0.3, 0.4) is 0 Å². The number of benzene rings is 1. The number of rotatable bonds is 6. The summed E-state index contributed by atoms with van der Waals surface area (Å²) in [6, 6.07) is 6.43. The fourth-order valence-electron chi connectivity index (χ4n) is 2.11. The summed E-state index contributed by atoms with van der Waals surface area (Å²) >= 11 is 0. The van der Waals surface area contributed by atoms with Gasteiger partial charge in [-0.15, -0.1) is 5.10 Å². The van der Waals surface area contributed by atoms with Crippen LogP contribution in [0.4, 0.5) is 0 Å². The van der Waals surface area contributed by atoms with Crippen LogP contribution >= 0.6 is 0 Å². The number of unbranched alkanes of at least 4 members (excludes halogenated alkanes) is 1. The minimum Gasteiger partial charge on any atom is -0.370 e. The normalized spacial score (nSPS) is 10.4. The molecule has 0 spiro atoms. The summed E-state index contributed by atoms with van der Waals surface area (Å²) in [6.07, 6.45) is 6.55. The Labute approximate surface area is 118 Å². The predicted octanol–water partition coefficient (Wildman–Crippen LogP) is 1.17. The molecule has 2 rings (SSSR count). The maximum Gasteiger partial charge on any atom is 0.185 e. The van der Waals surface area contributed by atoms with Crippen molar-refractivity contribution in [1.29, 1.82) is 0 Å². The Morgan fingerprint density at radius 2 is 2.10 bits per heavy atom. The predicted molar refractivity (Wildman–Crippen MR) is 79.7 cm³/mol. The zero-order valence-corrected chi connectivity index (χ0v) is 11.7. The van der Waals surface area contributed by atoms with Crippen LogP contribution in [0.2, 0.25) is 0 Å². The summed E-state index contributed by atoms with van der Waals surface area (Å²) in [5.41, 5.74) is 14.1. The van der Waals surface area contributed by atoms with Gasteiger partial charge in [0.15, 0.2) is 5.96 Å². The molecule has 1 heterocycles. The number of aliphatic imine (C=N–C) groups is 1. The third-order valence-electron chi connectivity index (χ3n) is 2.98. The lowest BCUT2D eigenvalue weighted by Crippen LogP contribution is -2.22. The maximum atomic E-state index is 5.29. The minimum atomic E-state index is 0.161. The molecule has 0 radical (unpaired) electrons. The standard InChI is InChI=1S/C14H20N6/c1-11-8-12(4-2-3-5-17-14(15)16)10-13(9-11)20-7-6-18-19-20/h6-10H,2-5H2,1H3,(H4,15,16,17). The van der Waals surface area contributed by atoms with Gasteiger partial charge in [-0.3, -0.25) is 4.99 Å². The van der Waals surface area contributed by atoms with Crippen LogP contribution in [-0.2, 0) is 6.42 Å². The highest BCUT2D eigenvalue weighted by Gasteiger charge is 2.02. The molecule has 20 heavy (non-hydrogen) atoms. The van der Waals surface area contributed by atoms with E-state index in [9.17, 15) is 0 Å². The van der Waals surface area contributed by atoms with E-state index in [1.54, 1.807) is 10.9 Å². The van der Waals surface area contributed by atoms with Gasteiger partial charge in [0.05, 0.1) is 18.1 Å². The number of nitrogens with two attached hydrogens (primary N) is 2. The first kappa shape index (κ1) is 14.0. The molecular formula is C14H20N6. The lowest BCUT2D eigenvalue weighted by molar-refractivity contribution is 0.741. The largest absolute Gasteiger partial charge is 0.370 e. The summed E-state index contributed by atoms with van der Waals surface area (Å²) in [5.74, 6) is 0.161. The van der Waals surface area contributed by atoms with E-state index in [2.05, 4.69) is 40.4 Å². The molecule has 0 saturated heterocycles. The summed E-state index contributed by atoms with van der Waals surface area (Å²) in [5, 5.41) is 7.85. The average molecular weight is 272 g/mol. The average Bonchev–Trinajstić information content (AvgIpc) is 2.91. The zero-order chi connectivity index (χ0) is 14.4. The van der Waals surface area contributed by atoms with E-state index in [1.165, 1.54) is 11.1 Å². The van der Waals surface area contributed by atoms with Crippen LogP contribution in [0.15, 0.2) is 35.6 Å². The van der Waals surface area contributed by atoms with E-state index in [0.717, 1.165) is 24.9 Å². The number of nitrogens with zero attached hydrogens (tertiary/aromatic N) is 4. The van der Waals surface area contributed by atoms with Crippen LogP contribution in [0.1, 0.15) is 24.0 Å². The number of aromatic nitrogens is 3. The van der Waals surface area contributed by atoms with Gasteiger partial charge in [0.2, 0.25) is 0 Å². The molecule has 6 heteroatoms. The Hall–Kier alpha value is -2.37. The van der Waals surface area contributed by atoms with Gasteiger partial charge >= 0.3 is 0 Å². The number of aryl methyl sites for hydroxylation is 2. The first-order valence-electron chi connectivity index (χ1n) is 6.68. The second kappa shape index (κ2) is 6.70. The molecule has 2 aromatic rings. The molecule has 0 saturated carbocycles. The van der Waals surface area contributed by atoms with Gasteiger partial charge in [0.1, 0.15) is 0 Å².